The van der Waals surface area contributed by atoms with E-state index in [4.69, 9.17) is 5.73 Å². The van der Waals surface area contributed by atoms with Crippen molar-refractivity contribution in [2.45, 2.75) is 13.3 Å². The summed E-state index contributed by atoms with van der Waals surface area (Å²) in [5.41, 5.74) is 6.23. The molecule has 2 aromatic rings. The molecule has 19 heavy (non-hydrogen) atoms. The first-order valence-corrected chi connectivity index (χ1v) is 6.60. The first-order chi connectivity index (χ1) is 9.13. The zero-order valence-corrected chi connectivity index (χ0v) is 11.2. The summed E-state index contributed by atoms with van der Waals surface area (Å²) < 4.78 is 14.0. The number of benzene rings is 1. The van der Waals surface area contributed by atoms with Gasteiger partial charge in [-0.2, -0.15) is 0 Å². The zero-order chi connectivity index (χ0) is 13.8. The number of hydrogen-bond acceptors (Lipinski definition) is 3. The van der Waals surface area contributed by atoms with E-state index in [1.807, 2.05) is 0 Å². The van der Waals surface area contributed by atoms with E-state index in [0.717, 1.165) is 4.70 Å². The van der Waals surface area contributed by atoms with Gasteiger partial charge in [0, 0.05) is 23.1 Å². The molecule has 5 heteroatoms. The molecule has 0 aliphatic rings. The molecule has 3 N–H and O–H groups in total. The largest absolute Gasteiger partial charge is 0.397 e. The van der Waals surface area contributed by atoms with Gasteiger partial charge in [-0.05, 0) is 25.1 Å². The molecule has 1 amide bonds. The number of nitrogens with one attached hydrogen (secondary N) is 1. The number of carbonyl (C=O) groups is 1. The molecule has 1 aromatic carbocycles. The van der Waals surface area contributed by atoms with Crippen molar-refractivity contribution in [1.29, 1.82) is 0 Å². The molecule has 98 valence electrons. The fourth-order valence-electron chi connectivity index (χ4n) is 1.70. The third kappa shape index (κ3) is 2.85. The third-order valence-corrected chi connectivity index (χ3v) is 3.79. The minimum atomic E-state index is -0.359. The lowest BCUT2D eigenvalue weighted by atomic mass is 10.2. The van der Waals surface area contributed by atoms with Crippen LogP contribution in [0.3, 0.4) is 0 Å². The van der Waals surface area contributed by atoms with Crippen molar-refractivity contribution in [3.8, 4) is 11.8 Å². The number of fused-ring (bicyclic) bond motifs is 1. The standard InChI is InChI=1S/C14H13FN2OS/c1-2-3-4-7-17-14(18)13-12(16)10-8-9(15)5-6-11(10)19-13/h5-6,8H,4,7,16H2,1H3,(H,17,18). The fourth-order valence-corrected chi connectivity index (χ4v) is 2.72. The van der Waals surface area contributed by atoms with Crippen LogP contribution >= 0.6 is 11.3 Å². The van der Waals surface area contributed by atoms with Crippen LogP contribution in [0.5, 0.6) is 0 Å². The van der Waals surface area contributed by atoms with Crippen molar-refractivity contribution in [1.82, 2.24) is 5.32 Å². The van der Waals surface area contributed by atoms with Gasteiger partial charge in [-0.25, -0.2) is 4.39 Å². The van der Waals surface area contributed by atoms with Gasteiger partial charge in [-0.15, -0.1) is 23.2 Å². The van der Waals surface area contributed by atoms with E-state index in [2.05, 4.69) is 17.2 Å². The van der Waals surface area contributed by atoms with E-state index in [0.29, 0.717) is 28.9 Å². The van der Waals surface area contributed by atoms with Crippen molar-refractivity contribution < 1.29 is 9.18 Å². The molecule has 0 bridgehead atoms. The maximum Gasteiger partial charge on any atom is 0.263 e. The number of amides is 1. The molecule has 0 atom stereocenters. The van der Waals surface area contributed by atoms with E-state index in [1.54, 1.807) is 13.0 Å². The molecule has 0 aliphatic carbocycles. The van der Waals surface area contributed by atoms with Gasteiger partial charge >= 0.3 is 0 Å². The number of rotatable bonds is 3. The topological polar surface area (TPSA) is 55.1 Å². The number of halogens is 1. The molecule has 0 radical (unpaired) electrons. The molecule has 0 fully saturated rings. The average molecular weight is 276 g/mol. The van der Waals surface area contributed by atoms with Crippen molar-refractivity contribution in [3.63, 3.8) is 0 Å². The highest BCUT2D eigenvalue weighted by molar-refractivity contribution is 7.21. The molecule has 1 heterocycles. The van der Waals surface area contributed by atoms with E-state index in [9.17, 15) is 9.18 Å². The van der Waals surface area contributed by atoms with Gasteiger partial charge in [0.25, 0.3) is 5.91 Å². The number of nitrogens with two attached hydrogens (primary N) is 1. The molecule has 2 rings (SSSR count). The van der Waals surface area contributed by atoms with E-state index < -0.39 is 0 Å². The maximum absolute atomic E-state index is 13.1. The minimum Gasteiger partial charge on any atom is -0.397 e. The van der Waals surface area contributed by atoms with Gasteiger partial charge in [0.2, 0.25) is 0 Å². The summed E-state index contributed by atoms with van der Waals surface area (Å²) in [7, 11) is 0. The van der Waals surface area contributed by atoms with Crippen LogP contribution in [0.4, 0.5) is 10.1 Å². The summed E-state index contributed by atoms with van der Waals surface area (Å²) in [6, 6.07) is 4.34. The Labute approximate surface area is 114 Å². The normalized spacial score (nSPS) is 10.0. The highest BCUT2D eigenvalue weighted by Crippen LogP contribution is 2.33. The fraction of sp³-hybridized carbons (Fsp3) is 0.214. The maximum atomic E-state index is 13.1. The van der Waals surface area contributed by atoms with Crippen LogP contribution in [-0.2, 0) is 0 Å². The Morgan fingerprint density at radius 2 is 2.32 bits per heavy atom. The summed E-state index contributed by atoms with van der Waals surface area (Å²) in [5, 5.41) is 3.33. The second-order valence-electron chi connectivity index (χ2n) is 3.92. The Balaban J connectivity index is 2.22. The highest BCUT2D eigenvalue weighted by atomic mass is 32.1. The van der Waals surface area contributed by atoms with E-state index in [1.165, 1.54) is 23.5 Å². The Morgan fingerprint density at radius 1 is 1.53 bits per heavy atom. The summed E-state index contributed by atoms with van der Waals surface area (Å²) in [4.78, 5) is 12.4. The van der Waals surface area contributed by atoms with Gasteiger partial charge in [0.15, 0.2) is 0 Å². The Morgan fingerprint density at radius 3 is 3.05 bits per heavy atom. The Hall–Kier alpha value is -2.06. The first-order valence-electron chi connectivity index (χ1n) is 5.79. The molecule has 1 aromatic heterocycles. The second kappa shape index (κ2) is 5.72. The molecular weight excluding hydrogens is 263 g/mol. The number of thiophene rings is 1. The van der Waals surface area contributed by atoms with Crippen molar-refractivity contribution in [2.24, 2.45) is 0 Å². The van der Waals surface area contributed by atoms with Crippen LogP contribution in [0.25, 0.3) is 10.1 Å². The van der Waals surface area contributed by atoms with Crippen LogP contribution in [0, 0.1) is 17.7 Å². The van der Waals surface area contributed by atoms with Crippen LogP contribution in [0.1, 0.15) is 23.0 Å². The van der Waals surface area contributed by atoms with Crippen LogP contribution in [-0.4, -0.2) is 12.5 Å². The molecule has 0 unspecified atom stereocenters. The zero-order valence-electron chi connectivity index (χ0n) is 10.4. The lowest BCUT2D eigenvalue weighted by Crippen LogP contribution is -2.24. The van der Waals surface area contributed by atoms with Gasteiger partial charge in [-0.1, -0.05) is 0 Å². The number of hydrogen-bond donors (Lipinski definition) is 2. The second-order valence-corrected chi connectivity index (χ2v) is 4.97. The van der Waals surface area contributed by atoms with E-state index >= 15 is 0 Å². The predicted molar refractivity (Wildman–Crippen MR) is 76.6 cm³/mol. The van der Waals surface area contributed by atoms with Crippen molar-refractivity contribution in [2.75, 3.05) is 12.3 Å². The quantitative estimate of drug-likeness (QED) is 0.669. The lowest BCUT2D eigenvalue weighted by Gasteiger charge is -2.01. The summed E-state index contributed by atoms with van der Waals surface area (Å²) in [6.45, 7) is 2.22. The molecule has 3 nitrogen and oxygen atoms in total. The summed E-state index contributed by atoms with van der Waals surface area (Å²) in [6.07, 6.45) is 0.599. The van der Waals surface area contributed by atoms with Gasteiger partial charge in [-0.3, -0.25) is 4.79 Å². The van der Waals surface area contributed by atoms with Gasteiger partial charge < -0.3 is 11.1 Å². The first kappa shape index (κ1) is 13.4. The minimum absolute atomic E-state index is 0.239. The molecular formula is C14H13FN2OS. The Kier molecular flexibility index (Phi) is 4.03. The van der Waals surface area contributed by atoms with Crippen molar-refractivity contribution in [3.05, 3.63) is 28.9 Å². The SMILES string of the molecule is CC#CCCNC(=O)c1sc2ccc(F)cc2c1N. The summed E-state index contributed by atoms with van der Waals surface area (Å²) in [5.74, 6) is 5.02. The highest BCUT2D eigenvalue weighted by Gasteiger charge is 2.16. The van der Waals surface area contributed by atoms with Crippen molar-refractivity contribution >= 4 is 33.0 Å². The molecule has 0 saturated carbocycles. The van der Waals surface area contributed by atoms with Crippen LogP contribution in [0.2, 0.25) is 0 Å². The monoisotopic (exact) mass is 276 g/mol. The summed E-state index contributed by atoms with van der Waals surface area (Å²) >= 11 is 1.26. The number of anilines is 1. The number of carbonyl (C=O) groups excluding carboxylic acids is 1. The predicted octanol–water partition coefficient (Wildman–Crippen LogP) is 2.77. The smallest absolute Gasteiger partial charge is 0.263 e. The molecule has 0 spiro atoms. The van der Waals surface area contributed by atoms with Gasteiger partial charge in [0.05, 0.1) is 5.69 Å². The molecule has 0 saturated heterocycles. The van der Waals surface area contributed by atoms with Gasteiger partial charge in [0.1, 0.15) is 10.7 Å². The Bertz CT molecular complexity index is 682. The average Bonchev–Trinajstić information content (AvgIpc) is 2.72. The van der Waals surface area contributed by atoms with Crippen LogP contribution in [0.15, 0.2) is 18.2 Å². The lowest BCUT2D eigenvalue weighted by molar-refractivity contribution is 0.0959. The van der Waals surface area contributed by atoms with Crippen LogP contribution < -0.4 is 11.1 Å². The van der Waals surface area contributed by atoms with E-state index in [-0.39, 0.29) is 11.7 Å². The molecule has 0 aliphatic heterocycles. The third-order valence-electron chi connectivity index (χ3n) is 2.61. The number of nitrogen functional groups attached to an aromatic ring is 1.